The third-order valence-corrected chi connectivity index (χ3v) is 2.88. The summed E-state index contributed by atoms with van der Waals surface area (Å²) >= 11 is 3.31. The van der Waals surface area contributed by atoms with Crippen LogP contribution in [-0.2, 0) is 6.18 Å². The highest BCUT2D eigenvalue weighted by Crippen LogP contribution is 2.33. The maximum absolute atomic E-state index is 12.6. The van der Waals surface area contributed by atoms with Crippen LogP contribution in [0.2, 0.25) is 0 Å². The molecular weight excluding hydrogens is 311 g/mol. The molecule has 0 saturated heterocycles. The number of alkyl halides is 4. The number of halogens is 4. The molecular formula is C12H9BrF3NO. The largest absolute Gasteiger partial charge is 0.416 e. The van der Waals surface area contributed by atoms with Crippen molar-refractivity contribution >= 4 is 15.9 Å². The van der Waals surface area contributed by atoms with Crippen molar-refractivity contribution in [2.75, 3.05) is 0 Å². The topological polar surface area (TPSA) is 26.0 Å². The minimum atomic E-state index is -4.36. The van der Waals surface area contributed by atoms with Gasteiger partial charge in [0.15, 0.2) is 5.76 Å². The molecule has 1 unspecified atom stereocenters. The summed E-state index contributed by atoms with van der Waals surface area (Å²) < 4.78 is 42.7. The Morgan fingerprint density at radius 3 is 2.56 bits per heavy atom. The minimum Gasteiger partial charge on any atom is -0.356 e. The van der Waals surface area contributed by atoms with Gasteiger partial charge in [-0.1, -0.05) is 33.2 Å². The summed E-state index contributed by atoms with van der Waals surface area (Å²) in [4.78, 5) is -0.0131. The monoisotopic (exact) mass is 319 g/mol. The second kappa shape index (κ2) is 4.76. The van der Waals surface area contributed by atoms with Crippen molar-refractivity contribution in [1.82, 2.24) is 5.16 Å². The van der Waals surface area contributed by atoms with E-state index in [1.54, 1.807) is 12.1 Å². The Hall–Kier alpha value is -1.30. The number of aromatic nitrogens is 1. The lowest BCUT2D eigenvalue weighted by Crippen LogP contribution is -2.04. The van der Waals surface area contributed by atoms with E-state index >= 15 is 0 Å². The maximum Gasteiger partial charge on any atom is 0.416 e. The summed E-state index contributed by atoms with van der Waals surface area (Å²) in [7, 11) is 0. The third kappa shape index (κ3) is 2.75. The van der Waals surface area contributed by atoms with E-state index in [4.69, 9.17) is 4.52 Å². The fourth-order valence-corrected chi connectivity index (χ4v) is 1.68. The lowest BCUT2D eigenvalue weighted by Gasteiger charge is -2.06. The predicted octanol–water partition coefficient (Wildman–Crippen LogP) is 4.82. The van der Waals surface area contributed by atoms with E-state index in [1.807, 2.05) is 6.92 Å². The molecule has 0 aliphatic heterocycles. The average molecular weight is 320 g/mol. The van der Waals surface area contributed by atoms with Crippen molar-refractivity contribution in [3.05, 3.63) is 41.6 Å². The maximum atomic E-state index is 12.6. The quantitative estimate of drug-likeness (QED) is 0.742. The molecule has 2 rings (SSSR count). The lowest BCUT2D eigenvalue weighted by molar-refractivity contribution is -0.137. The first-order chi connectivity index (χ1) is 8.38. The first kappa shape index (κ1) is 13.1. The van der Waals surface area contributed by atoms with E-state index in [0.717, 1.165) is 12.1 Å². The van der Waals surface area contributed by atoms with E-state index in [-0.39, 0.29) is 4.83 Å². The number of rotatable bonds is 2. The van der Waals surface area contributed by atoms with E-state index in [0.29, 0.717) is 17.0 Å². The van der Waals surface area contributed by atoms with Gasteiger partial charge in [-0.05, 0) is 19.1 Å². The van der Waals surface area contributed by atoms with Crippen molar-refractivity contribution in [2.24, 2.45) is 0 Å². The molecule has 2 aromatic rings. The first-order valence-corrected chi connectivity index (χ1v) is 6.08. The summed E-state index contributed by atoms with van der Waals surface area (Å²) in [6, 6.07) is 6.59. The van der Waals surface area contributed by atoms with Gasteiger partial charge in [-0.25, -0.2) is 0 Å². The zero-order valence-electron chi connectivity index (χ0n) is 9.33. The van der Waals surface area contributed by atoms with Crippen molar-refractivity contribution < 1.29 is 17.7 Å². The fourth-order valence-electron chi connectivity index (χ4n) is 1.46. The Labute approximate surface area is 110 Å². The summed E-state index contributed by atoms with van der Waals surface area (Å²) in [5.74, 6) is 0.322. The van der Waals surface area contributed by atoms with Gasteiger partial charge in [0.05, 0.1) is 16.1 Å². The van der Waals surface area contributed by atoms with E-state index in [1.165, 1.54) is 6.07 Å². The van der Waals surface area contributed by atoms with Gasteiger partial charge in [-0.2, -0.15) is 13.2 Å². The van der Waals surface area contributed by atoms with Crippen molar-refractivity contribution in [2.45, 2.75) is 17.9 Å². The molecule has 0 bridgehead atoms. The highest BCUT2D eigenvalue weighted by Gasteiger charge is 2.30. The molecule has 0 N–H and O–H groups in total. The van der Waals surface area contributed by atoms with Gasteiger partial charge in [-0.15, -0.1) is 0 Å². The van der Waals surface area contributed by atoms with E-state index in [2.05, 4.69) is 21.1 Å². The van der Waals surface area contributed by atoms with Crippen LogP contribution in [-0.4, -0.2) is 5.16 Å². The Bertz CT molecular complexity index is 548. The highest BCUT2D eigenvalue weighted by molar-refractivity contribution is 9.09. The molecule has 1 heterocycles. The number of benzene rings is 1. The summed E-state index contributed by atoms with van der Waals surface area (Å²) in [5, 5.41) is 3.78. The zero-order valence-corrected chi connectivity index (χ0v) is 10.9. The average Bonchev–Trinajstić information content (AvgIpc) is 2.77. The predicted molar refractivity (Wildman–Crippen MR) is 64.3 cm³/mol. The van der Waals surface area contributed by atoms with Crippen LogP contribution < -0.4 is 0 Å². The van der Waals surface area contributed by atoms with Gasteiger partial charge in [0.1, 0.15) is 0 Å². The fraction of sp³-hybridized carbons (Fsp3) is 0.250. The Kier molecular flexibility index (Phi) is 3.47. The van der Waals surface area contributed by atoms with Gasteiger partial charge in [0, 0.05) is 11.6 Å². The van der Waals surface area contributed by atoms with Crippen LogP contribution in [0.5, 0.6) is 0 Å². The minimum absolute atomic E-state index is 0.0131. The number of hydrogen-bond acceptors (Lipinski definition) is 2. The van der Waals surface area contributed by atoms with E-state index < -0.39 is 11.7 Å². The molecule has 18 heavy (non-hydrogen) atoms. The van der Waals surface area contributed by atoms with Crippen LogP contribution in [0.3, 0.4) is 0 Å². The van der Waals surface area contributed by atoms with Crippen LogP contribution in [0.15, 0.2) is 34.9 Å². The first-order valence-electron chi connectivity index (χ1n) is 5.16. The van der Waals surface area contributed by atoms with Crippen LogP contribution in [0.25, 0.3) is 11.3 Å². The van der Waals surface area contributed by atoms with Crippen molar-refractivity contribution in [3.8, 4) is 11.3 Å². The van der Waals surface area contributed by atoms with Gasteiger partial charge < -0.3 is 4.52 Å². The lowest BCUT2D eigenvalue weighted by atomic mass is 10.1. The summed E-state index contributed by atoms with van der Waals surface area (Å²) in [6.07, 6.45) is -4.36. The van der Waals surface area contributed by atoms with Crippen LogP contribution in [0.1, 0.15) is 23.0 Å². The number of nitrogens with zero attached hydrogens (tertiary/aromatic N) is 1. The van der Waals surface area contributed by atoms with Crippen molar-refractivity contribution in [1.29, 1.82) is 0 Å². The van der Waals surface area contributed by atoms with Crippen LogP contribution in [0, 0.1) is 0 Å². The molecule has 0 aliphatic carbocycles. The number of hydrogen-bond donors (Lipinski definition) is 0. The third-order valence-electron chi connectivity index (χ3n) is 2.41. The Morgan fingerprint density at radius 2 is 2.00 bits per heavy atom. The molecule has 2 nitrogen and oxygen atoms in total. The molecule has 0 saturated carbocycles. The summed E-state index contributed by atoms with van der Waals surface area (Å²) in [5.41, 5.74) is 0.295. The van der Waals surface area contributed by atoms with Gasteiger partial charge in [0.25, 0.3) is 0 Å². The molecule has 96 valence electrons. The SMILES string of the molecule is CC(Br)c1cc(-c2cccc(C(F)(F)F)c2)on1. The Morgan fingerprint density at radius 1 is 1.28 bits per heavy atom. The smallest absolute Gasteiger partial charge is 0.356 e. The van der Waals surface area contributed by atoms with Gasteiger partial charge in [0.2, 0.25) is 0 Å². The Balaban J connectivity index is 2.38. The molecule has 0 radical (unpaired) electrons. The molecule has 1 atom stereocenters. The van der Waals surface area contributed by atoms with Crippen molar-refractivity contribution in [3.63, 3.8) is 0 Å². The van der Waals surface area contributed by atoms with Crippen LogP contribution >= 0.6 is 15.9 Å². The molecule has 1 aromatic carbocycles. The molecule has 0 fully saturated rings. The molecule has 0 amide bonds. The van der Waals surface area contributed by atoms with E-state index in [9.17, 15) is 13.2 Å². The summed E-state index contributed by atoms with van der Waals surface area (Å²) in [6.45, 7) is 1.85. The second-order valence-corrected chi connectivity index (χ2v) is 5.18. The van der Waals surface area contributed by atoms with Gasteiger partial charge in [-0.3, -0.25) is 0 Å². The second-order valence-electron chi connectivity index (χ2n) is 3.81. The van der Waals surface area contributed by atoms with Gasteiger partial charge >= 0.3 is 6.18 Å². The standard InChI is InChI=1S/C12H9BrF3NO/c1-7(13)10-6-11(18-17-10)8-3-2-4-9(5-8)12(14,15)16/h2-7H,1H3. The molecule has 0 aliphatic rings. The van der Waals surface area contributed by atoms with Crippen LogP contribution in [0.4, 0.5) is 13.2 Å². The molecule has 6 heteroatoms. The molecule has 0 spiro atoms. The normalized spacial score (nSPS) is 13.6. The zero-order chi connectivity index (χ0) is 13.3. The highest BCUT2D eigenvalue weighted by atomic mass is 79.9. The molecule has 1 aromatic heterocycles.